The van der Waals surface area contributed by atoms with E-state index in [1.54, 1.807) is 24.3 Å². The molecule has 0 spiro atoms. The van der Waals surface area contributed by atoms with E-state index in [2.05, 4.69) is 24.7 Å². The molecule has 2 N–H and O–H groups in total. The second-order valence-electron chi connectivity index (χ2n) is 10.2. The van der Waals surface area contributed by atoms with Crippen molar-refractivity contribution in [1.29, 1.82) is 0 Å². The van der Waals surface area contributed by atoms with Gasteiger partial charge in [-0.3, -0.25) is 4.90 Å². The molecule has 3 aromatic rings. The average molecular weight is 496 g/mol. The van der Waals surface area contributed by atoms with Gasteiger partial charge in [-0.2, -0.15) is 0 Å². The summed E-state index contributed by atoms with van der Waals surface area (Å²) >= 11 is 0. The summed E-state index contributed by atoms with van der Waals surface area (Å²) in [4.78, 5) is 2.49. The predicted molar refractivity (Wildman–Crippen MR) is 147 cm³/mol. The van der Waals surface area contributed by atoms with E-state index in [0.29, 0.717) is 24.0 Å². The molecule has 5 heteroatoms. The zero-order valence-electron chi connectivity index (χ0n) is 21.6. The van der Waals surface area contributed by atoms with Gasteiger partial charge in [-0.25, -0.2) is 0 Å². The minimum Gasteiger partial charge on any atom is -0.508 e. The molecule has 0 bridgehead atoms. The minimum atomic E-state index is -0.454. The molecule has 1 saturated heterocycles. The summed E-state index contributed by atoms with van der Waals surface area (Å²) < 4.78 is 12.7. The smallest absolute Gasteiger partial charge is 0.150 e. The Morgan fingerprint density at radius 3 is 2.57 bits per heavy atom. The van der Waals surface area contributed by atoms with Crippen LogP contribution in [0, 0.1) is 18.3 Å². The van der Waals surface area contributed by atoms with Crippen molar-refractivity contribution in [2.75, 3.05) is 19.7 Å². The maximum Gasteiger partial charge on any atom is 0.150 e. The SMILES string of the molecule is C#Cc1cc(O)cc2c1OC(c1ccc(OCC(C)N3CCC(C)C3)cc1)C(c1cccc(O)c1)=C2C. The highest BCUT2D eigenvalue weighted by Crippen LogP contribution is 2.49. The van der Waals surface area contributed by atoms with Gasteiger partial charge in [0.25, 0.3) is 0 Å². The maximum atomic E-state index is 10.3. The van der Waals surface area contributed by atoms with Gasteiger partial charge in [0.15, 0.2) is 0 Å². The fourth-order valence-corrected chi connectivity index (χ4v) is 5.35. The molecular formula is C32H33NO4. The molecule has 2 aliphatic heterocycles. The molecule has 5 rings (SSSR count). The van der Waals surface area contributed by atoms with E-state index in [4.69, 9.17) is 15.9 Å². The monoisotopic (exact) mass is 495 g/mol. The molecule has 0 radical (unpaired) electrons. The van der Waals surface area contributed by atoms with Crippen molar-refractivity contribution < 1.29 is 19.7 Å². The molecular weight excluding hydrogens is 462 g/mol. The van der Waals surface area contributed by atoms with Crippen molar-refractivity contribution in [3.05, 3.63) is 82.9 Å². The zero-order chi connectivity index (χ0) is 26.1. The van der Waals surface area contributed by atoms with Crippen LogP contribution in [-0.4, -0.2) is 40.9 Å². The molecule has 2 aliphatic rings. The van der Waals surface area contributed by atoms with Crippen LogP contribution in [-0.2, 0) is 0 Å². The summed E-state index contributed by atoms with van der Waals surface area (Å²) in [6.45, 7) is 9.41. The van der Waals surface area contributed by atoms with Crippen molar-refractivity contribution in [2.24, 2.45) is 5.92 Å². The van der Waals surface area contributed by atoms with E-state index in [9.17, 15) is 10.2 Å². The minimum absolute atomic E-state index is 0.0856. The number of phenols is 2. The molecule has 0 saturated carbocycles. The lowest BCUT2D eigenvalue weighted by atomic mass is 9.85. The molecule has 37 heavy (non-hydrogen) atoms. The van der Waals surface area contributed by atoms with Gasteiger partial charge in [0.2, 0.25) is 0 Å². The van der Waals surface area contributed by atoms with E-state index in [0.717, 1.165) is 52.6 Å². The van der Waals surface area contributed by atoms with Gasteiger partial charge in [-0.05, 0) is 85.8 Å². The summed E-state index contributed by atoms with van der Waals surface area (Å²) in [6.07, 6.45) is 6.55. The van der Waals surface area contributed by atoms with E-state index in [-0.39, 0.29) is 11.5 Å². The zero-order valence-corrected chi connectivity index (χ0v) is 21.6. The van der Waals surface area contributed by atoms with Crippen LogP contribution < -0.4 is 9.47 Å². The highest BCUT2D eigenvalue weighted by Gasteiger charge is 2.31. The lowest BCUT2D eigenvalue weighted by Gasteiger charge is -2.32. The number of rotatable bonds is 6. The number of phenolic OH excluding ortho intramolecular Hbond substituents is 2. The standard InChI is InChI=1S/C32H33NO4/c1-5-23-15-27(35)17-29-22(4)30(25-7-6-8-26(34)16-25)32(37-31(23)29)24-9-11-28(12-10-24)36-19-21(3)33-14-13-20(2)18-33/h1,6-12,15-17,20-21,32,34-35H,13-14,18-19H2,2-4H3. The molecule has 3 unspecified atom stereocenters. The lowest BCUT2D eigenvalue weighted by molar-refractivity contribution is 0.169. The van der Waals surface area contributed by atoms with Crippen LogP contribution in [0.5, 0.6) is 23.0 Å². The Morgan fingerprint density at radius 2 is 1.89 bits per heavy atom. The molecule has 1 fully saturated rings. The van der Waals surface area contributed by atoms with Gasteiger partial charge in [-0.15, -0.1) is 6.42 Å². The van der Waals surface area contributed by atoms with Crippen molar-refractivity contribution in [3.8, 4) is 35.3 Å². The van der Waals surface area contributed by atoms with Crippen LogP contribution >= 0.6 is 0 Å². The maximum absolute atomic E-state index is 10.3. The van der Waals surface area contributed by atoms with Crippen LogP contribution in [0.1, 0.15) is 55.5 Å². The largest absolute Gasteiger partial charge is 0.508 e. The normalized spacial score (nSPS) is 20.2. The summed E-state index contributed by atoms with van der Waals surface area (Å²) in [5.41, 5.74) is 4.86. The average Bonchev–Trinajstić information content (AvgIpc) is 3.33. The van der Waals surface area contributed by atoms with Gasteiger partial charge in [0, 0.05) is 23.7 Å². The van der Waals surface area contributed by atoms with Gasteiger partial charge in [0.1, 0.15) is 35.7 Å². The number of nitrogens with zero attached hydrogens (tertiary/aromatic N) is 1. The fourth-order valence-electron chi connectivity index (χ4n) is 5.35. The number of allylic oxidation sites excluding steroid dienone is 1. The number of ether oxygens (including phenoxy) is 2. The summed E-state index contributed by atoms with van der Waals surface area (Å²) in [7, 11) is 0. The molecule has 0 aromatic heterocycles. The van der Waals surface area contributed by atoms with Crippen molar-refractivity contribution in [1.82, 2.24) is 4.90 Å². The lowest BCUT2D eigenvalue weighted by Crippen LogP contribution is -2.35. The van der Waals surface area contributed by atoms with Crippen LogP contribution in [0.2, 0.25) is 0 Å². The Morgan fingerprint density at radius 1 is 1.11 bits per heavy atom. The number of fused-ring (bicyclic) bond motifs is 1. The van der Waals surface area contributed by atoms with E-state index >= 15 is 0 Å². The third kappa shape index (κ3) is 5.03. The first-order valence-electron chi connectivity index (χ1n) is 12.8. The van der Waals surface area contributed by atoms with Gasteiger partial charge in [0.05, 0.1) is 5.56 Å². The second kappa shape index (κ2) is 10.2. The van der Waals surface area contributed by atoms with Crippen LogP contribution in [0.15, 0.2) is 60.7 Å². The van der Waals surface area contributed by atoms with Crippen LogP contribution in [0.25, 0.3) is 11.1 Å². The second-order valence-corrected chi connectivity index (χ2v) is 10.2. The summed E-state index contributed by atoms with van der Waals surface area (Å²) in [5, 5.41) is 20.5. The highest BCUT2D eigenvalue weighted by molar-refractivity contribution is 5.96. The van der Waals surface area contributed by atoms with Gasteiger partial charge < -0.3 is 19.7 Å². The van der Waals surface area contributed by atoms with E-state index in [1.165, 1.54) is 6.42 Å². The van der Waals surface area contributed by atoms with E-state index < -0.39 is 6.10 Å². The van der Waals surface area contributed by atoms with E-state index in [1.807, 2.05) is 43.3 Å². The first kappa shape index (κ1) is 24.8. The van der Waals surface area contributed by atoms with Gasteiger partial charge >= 0.3 is 0 Å². The molecule has 3 atom stereocenters. The number of terminal acetylenes is 1. The number of benzene rings is 3. The van der Waals surface area contributed by atoms with Crippen LogP contribution in [0.4, 0.5) is 0 Å². The molecule has 3 aromatic carbocycles. The topological polar surface area (TPSA) is 62.2 Å². The Bertz CT molecular complexity index is 1370. The summed E-state index contributed by atoms with van der Waals surface area (Å²) in [6, 6.07) is 18.7. The number of likely N-dealkylation sites (tertiary alicyclic amines) is 1. The molecule has 0 aliphatic carbocycles. The first-order valence-corrected chi connectivity index (χ1v) is 12.8. The van der Waals surface area contributed by atoms with Gasteiger partial charge in [-0.1, -0.05) is 37.1 Å². The predicted octanol–water partition coefficient (Wildman–Crippen LogP) is 6.25. The Hall–Kier alpha value is -3.88. The molecule has 190 valence electrons. The number of hydrogen-bond acceptors (Lipinski definition) is 5. The van der Waals surface area contributed by atoms with Crippen LogP contribution in [0.3, 0.4) is 0 Å². The third-order valence-electron chi connectivity index (χ3n) is 7.44. The Labute approximate surface area is 219 Å². The van der Waals surface area contributed by atoms with Crippen molar-refractivity contribution in [3.63, 3.8) is 0 Å². The Balaban J connectivity index is 1.46. The van der Waals surface area contributed by atoms with Crippen molar-refractivity contribution in [2.45, 2.75) is 39.3 Å². The Kier molecular flexibility index (Phi) is 6.86. The third-order valence-corrected chi connectivity index (χ3v) is 7.44. The van der Waals surface area contributed by atoms with Crippen molar-refractivity contribution >= 4 is 11.1 Å². The number of aromatic hydroxyl groups is 2. The molecule has 2 heterocycles. The molecule has 0 amide bonds. The quantitative estimate of drug-likeness (QED) is 0.396. The summed E-state index contributed by atoms with van der Waals surface area (Å²) in [5.74, 6) is 5.03. The fraction of sp³-hybridized carbons (Fsp3) is 0.312. The molecule has 5 nitrogen and oxygen atoms in total. The first-order chi connectivity index (χ1) is 17.8. The highest BCUT2D eigenvalue weighted by atomic mass is 16.5. The number of hydrogen-bond donors (Lipinski definition) is 2.